The quantitative estimate of drug-likeness (QED) is 0.577. The van der Waals surface area contributed by atoms with Crippen molar-refractivity contribution in [2.24, 2.45) is 7.05 Å². The highest BCUT2D eigenvalue weighted by Gasteiger charge is 2.60. The standard InChI is InChI=1S/C17H13F5N4O4S/c1-3-31(29,30)11-4-8(15(27)28)6-24-13(11)14-25-9-5-12(16(18,19)17(20,21)22)23-7-10(9)26(14)2/h4-7H,3H2,1-2H3,(H,27,28). The second-order valence-corrected chi connectivity index (χ2v) is 8.65. The second-order valence-electron chi connectivity index (χ2n) is 6.40. The lowest BCUT2D eigenvalue weighted by atomic mass is 10.2. The average Bonchev–Trinajstić information content (AvgIpc) is 3.02. The fourth-order valence-electron chi connectivity index (χ4n) is 2.74. The van der Waals surface area contributed by atoms with Gasteiger partial charge in [-0.05, 0) is 12.1 Å². The number of hydrogen-bond acceptors (Lipinski definition) is 6. The number of nitrogens with zero attached hydrogens (tertiary/aromatic N) is 4. The number of carboxylic acids is 1. The summed E-state index contributed by atoms with van der Waals surface area (Å²) < 4.78 is 91.4. The van der Waals surface area contributed by atoms with Crippen LogP contribution in [-0.4, -0.2) is 50.9 Å². The van der Waals surface area contributed by atoms with Crippen molar-refractivity contribution in [3.05, 3.63) is 35.8 Å². The maximum absolute atomic E-state index is 13.6. The number of rotatable bonds is 5. The van der Waals surface area contributed by atoms with Gasteiger partial charge in [0.25, 0.3) is 0 Å². The monoisotopic (exact) mass is 464 g/mol. The summed E-state index contributed by atoms with van der Waals surface area (Å²) in [5.41, 5.74) is -2.55. The molecular formula is C17H13F5N4O4S. The summed E-state index contributed by atoms with van der Waals surface area (Å²) in [6.07, 6.45) is -4.24. The molecule has 166 valence electrons. The van der Waals surface area contributed by atoms with E-state index in [9.17, 15) is 35.2 Å². The summed E-state index contributed by atoms with van der Waals surface area (Å²) in [4.78, 5) is 21.8. The summed E-state index contributed by atoms with van der Waals surface area (Å²) in [6, 6.07) is 1.33. The molecule has 0 unspecified atom stereocenters. The van der Waals surface area contributed by atoms with Crippen LogP contribution in [0.5, 0.6) is 0 Å². The highest BCUT2D eigenvalue weighted by atomic mass is 32.2. The van der Waals surface area contributed by atoms with Crippen LogP contribution in [0.2, 0.25) is 0 Å². The average molecular weight is 464 g/mol. The zero-order valence-corrected chi connectivity index (χ0v) is 16.6. The van der Waals surface area contributed by atoms with Crippen LogP contribution in [0, 0.1) is 0 Å². The predicted octanol–water partition coefficient (Wildman–Crippen LogP) is 3.18. The van der Waals surface area contributed by atoms with Gasteiger partial charge in [0.2, 0.25) is 0 Å². The molecule has 0 atom stereocenters. The number of sulfone groups is 1. The number of carboxylic acid groups (broad SMARTS) is 1. The number of aromatic carboxylic acids is 1. The Morgan fingerprint density at radius 2 is 1.77 bits per heavy atom. The molecule has 3 rings (SSSR count). The molecule has 3 aromatic heterocycles. The molecule has 8 nitrogen and oxygen atoms in total. The largest absolute Gasteiger partial charge is 0.478 e. The molecule has 0 aliphatic heterocycles. The van der Waals surface area contributed by atoms with E-state index in [0.717, 1.165) is 18.5 Å². The van der Waals surface area contributed by atoms with Crippen LogP contribution in [-0.2, 0) is 22.8 Å². The predicted molar refractivity (Wildman–Crippen MR) is 96.4 cm³/mol. The minimum absolute atomic E-state index is 0.0284. The van der Waals surface area contributed by atoms with Crippen LogP contribution in [0.1, 0.15) is 23.0 Å². The zero-order chi connectivity index (χ0) is 23.4. The van der Waals surface area contributed by atoms with E-state index < -0.39 is 49.8 Å². The Bertz CT molecular complexity index is 1300. The first kappa shape index (κ1) is 22.5. The van der Waals surface area contributed by atoms with Crippen molar-refractivity contribution in [2.75, 3.05) is 5.75 Å². The first-order valence-electron chi connectivity index (χ1n) is 8.44. The minimum Gasteiger partial charge on any atom is -0.478 e. The molecule has 0 radical (unpaired) electrons. The van der Waals surface area contributed by atoms with E-state index in [-0.39, 0.29) is 22.6 Å². The van der Waals surface area contributed by atoms with Gasteiger partial charge in [0.1, 0.15) is 11.4 Å². The Morgan fingerprint density at radius 3 is 2.32 bits per heavy atom. The number of fused-ring (bicyclic) bond motifs is 1. The number of aromatic nitrogens is 4. The van der Waals surface area contributed by atoms with Crippen LogP contribution >= 0.6 is 0 Å². The van der Waals surface area contributed by atoms with Crippen molar-refractivity contribution < 1.29 is 40.3 Å². The molecule has 3 aromatic rings. The van der Waals surface area contributed by atoms with Crippen molar-refractivity contribution in [3.63, 3.8) is 0 Å². The lowest BCUT2D eigenvalue weighted by Gasteiger charge is -2.18. The lowest BCUT2D eigenvalue weighted by Crippen LogP contribution is -2.34. The van der Waals surface area contributed by atoms with E-state index in [1.165, 1.54) is 18.5 Å². The smallest absolute Gasteiger partial charge is 0.459 e. The van der Waals surface area contributed by atoms with Gasteiger partial charge in [0, 0.05) is 13.2 Å². The Labute approximate surface area is 171 Å². The molecule has 14 heteroatoms. The lowest BCUT2D eigenvalue weighted by molar-refractivity contribution is -0.290. The van der Waals surface area contributed by atoms with Crippen molar-refractivity contribution in [1.82, 2.24) is 19.5 Å². The number of imidazole rings is 1. The summed E-state index contributed by atoms with van der Waals surface area (Å²) in [5.74, 6) is -7.25. The fraction of sp³-hybridized carbons (Fsp3) is 0.294. The van der Waals surface area contributed by atoms with Crippen LogP contribution in [0.4, 0.5) is 22.0 Å². The van der Waals surface area contributed by atoms with Crippen LogP contribution in [0.25, 0.3) is 22.6 Å². The van der Waals surface area contributed by atoms with Gasteiger partial charge in [0.05, 0.1) is 33.4 Å². The van der Waals surface area contributed by atoms with Crippen LogP contribution in [0.3, 0.4) is 0 Å². The van der Waals surface area contributed by atoms with Crippen molar-refractivity contribution in [1.29, 1.82) is 0 Å². The number of hydrogen-bond donors (Lipinski definition) is 1. The molecule has 0 saturated carbocycles. The zero-order valence-electron chi connectivity index (χ0n) is 15.8. The maximum Gasteiger partial charge on any atom is 0.459 e. The van der Waals surface area contributed by atoms with E-state index in [4.69, 9.17) is 5.11 Å². The molecule has 0 saturated heterocycles. The summed E-state index contributed by atoms with van der Waals surface area (Å²) >= 11 is 0. The van der Waals surface area contributed by atoms with Gasteiger partial charge in [-0.25, -0.2) is 18.2 Å². The van der Waals surface area contributed by atoms with E-state index in [0.29, 0.717) is 6.07 Å². The molecule has 0 spiro atoms. The highest BCUT2D eigenvalue weighted by molar-refractivity contribution is 7.91. The maximum atomic E-state index is 13.6. The molecule has 0 aliphatic rings. The normalized spacial score (nSPS) is 13.0. The van der Waals surface area contributed by atoms with E-state index >= 15 is 0 Å². The number of alkyl halides is 5. The van der Waals surface area contributed by atoms with E-state index in [2.05, 4.69) is 15.0 Å². The Morgan fingerprint density at radius 1 is 1.13 bits per heavy atom. The van der Waals surface area contributed by atoms with Gasteiger partial charge >= 0.3 is 18.1 Å². The molecule has 0 bridgehead atoms. The molecule has 31 heavy (non-hydrogen) atoms. The van der Waals surface area contributed by atoms with Gasteiger partial charge in [-0.3, -0.25) is 9.97 Å². The van der Waals surface area contributed by atoms with Gasteiger partial charge in [-0.15, -0.1) is 0 Å². The van der Waals surface area contributed by atoms with Gasteiger partial charge in [-0.2, -0.15) is 22.0 Å². The Hall–Kier alpha value is -3.16. The third-order valence-electron chi connectivity index (χ3n) is 4.47. The highest BCUT2D eigenvalue weighted by Crippen LogP contribution is 2.43. The SMILES string of the molecule is CCS(=O)(=O)c1cc(C(=O)O)cnc1-c1nc2cc(C(F)(F)C(F)(F)F)ncc2n1C. The first-order chi connectivity index (χ1) is 14.2. The fourth-order valence-corrected chi connectivity index (χ4v) is 3.80. The molecule has 3 heterocycles. The molecular weight excluding hydrogens is 451 g/mol. The molecule has 0 amide bonds. The van der Waals surface area contributed by atoms with Crippen molar-refractivity contribution >= 4 is 26.8 Å². The van der Waals surface area contributed by atoms with Crippen LogP contribution < -0.4 is 0 Å². The van der Waals surface area contributed by atoms with Crippen LogP contribution in [0.15, 0.2) is 29.4 Å². The van der Waals surface area contributed by atoms with Crippen molar-refractivity contribution in [3.8, 4) is 11.5 Å². The third-order valence-corrected chi connectivity index (χ3v) is 6.21. The minimum atomic E-state index is -5.87. The van der Waals surface area contributed by atoms with Gasteiger partial charge in [0.15, 0.2) is 15.7 Å². The number of pyridine rings is 2. The first-order valence-corrected chi connectivity index (χ1v) is 10.1. The summed E-state index contributed by atoms with van der Waals surface area (Å²) in [5, 5.41) is 9.12. The Kier molecular flexibility index (Phi) is 5.24. The van der Waals surface area contributed by atoms with E-state index in [1.807, 2.05) is 0 Å². The van der Waals surface area contributed by atoms with Gasteiger partial charge in [-0.1, -0.05) is 6.92 Å². The van der Waals surface area contributed by atoms with Gasteiger partial charge < -0.3 is 9.67 Å². The number of halogens is 5. The molecule has 1 N–H and O–H groups in total. The Balaban J connectivity index is 2.27. The molecule has 0 aromatic carbocycles. The molecule has 0 aliphatic carbocycles. The summed E-state index contributed by atoms with van der Waals surface area (Å²) in [6.45, 7) is 1.32. The number of carbonyl (C=O) groups is 1. The van der Waals surface area contributed by atoms with Crippen molar-refractivity contribution in [2.45, 2.75) is 23.9 Å². The topological polar surface area (TPSA) is 115 Å². The second kappa shape index (κ2) is 7.21. The van der Waals surface area contributed by atoms with E-state index in [1.54, 1.807) is 0 Å². The number of aryl methyl sites for hydroxylation is 1. The third kappa shape index (κ3) is 3.71. The summed E-state index contributed by atoms with van der Waals surface area (Å²) in [7, 11) is -2.65. The molecule has 0 fully saturated rings.